The van der Waals surface area contributed by atoms with Gasteiger partial charge in [0, 0.05) is 18.3 Å². The molecule has 1 aromatic heterocycles. The van der Waals surface area contributed by atoms with Gasteiger partial charge in [-0.1, -0.05) is 0 Å². The lowest BCUT2D eigenvalue weighted by molar-refractivity contribution is -0.122. The van der Waals surface area contributed by atoms with Crippen LogP contribution in [0.2, 0.25) is 0 Å². The van der Waals surface area contributed by atoms with Gasteiger partial charge in [-0.2, -0.15) is 0 Å². The second-order valence-electron chi connectivity index (χ2n) is 3.39. The van der Waals surface area contributed by atoms with Crippen molar-refractivity contribution in [3.05, 3.63) is 11.1 Å². The van der Waals surface area contributed by atoms with Gasteiger partial charge in [-0.15, -0.1) is 11.3 Å². The predicted molar refractivity (Wildman–Crippen MR) is 56.2 cm³/mol. The van der Waals surface area contributed by atoms with Gasteiger partial charge in [0.2, 0.25) is 5.91 Å². The van der Waals surface area contributed by atoms with E-state index >= 15 is 0 Å². The molecule has 1 aromatic rings. The van der Waals surface area contributed by atoms with Crippen molar-refractivity contribution in [1.82, 2.24) is 10.3 Å². The minimum Gasteiger partial charge on any atom is -0.365 e. The van der Waals surface area contributed by atoms with Gasteiger partial charge in [-0.05, 0) is 12.8 Å². The number of carbonyl (C=O) groups excluding carboxylic acids is 1. The molecule has 0 bridgehead atoms. The molecule has 1 aliphatic carbocycles. The highest BCUT2D eigenvalue weighted by Gasteiger charge is 2.29. The van der Waals surface area contributed by atoms with Gasteiger partial charge in [0.25, 0.3) is 0 Å². The molecule has 0 atom stereocenters. The van der Waals surface area contributed by atoms with E-state index in [2.05, 4.69) is 15.6 Å². The van der Waals surface area contributed by atoms with Crippen LogP contribution in [0.1, 0.15) is 18.5 Å². The molecule has 14 heavy (non-hydrogen) atoms. The van der Waals surface area contributed by atoms with Crippen molar-refractivity contribution in [3.8, 4) is 0 Å². The number of amides is 1. The molecule has 0 saturated heterocycles. The smallest absolute Gasteiger partial charge is 0.223 e. The van der Waals surface area contributed by atoms with Gasteiger partial charge in [-0.25, -0.2) is 4.98 Å². The molecule has 1 aliphatic rings. The van der Waals surface area contributed by atoms with Crippen LogP contribution >= 0.6 is 11.3 Å². The van der Waals surface area contributed by atoms with Crippen molar-refractivity contribution in [2.45, 2.75) is 19.4 Å². The molecule has 0 aliphatic heterocycles. The van der Waals surface area contributed by atoms with Crippen LogP contribution in [0.15, 0.2) is 5.38 Å². The molecule has 2 rings (SSSR count). The number of nitrogens with one attached hydrogen (secondary N) is 2. The number of thiazole rings is 1. The maximum atomic E-state index is 11.3. The fourth-order valence-electron chi connectivity index (χ4n) is 1.17. The van der Waals surface area contributed by atoms with Gasteiger partial charge >= 0.3 is 0 Å². The second kappa shape index (κ2) is 3.96. The van der Waals surface area contributed by atoms with Crippen molar-refractivity contribution >= 4 is 22.4 Å². The van der Waals surface area contributed by atoms with E-state index < -0.39 is 0 Å². The first-order valence-corrected chi connectivity index (χ1v) is 5.57. The Balaban J connectivity index is 1.81. The molecular formula is C9H13N3OS. The summed E-state index contributed by atoms with van der Waals surface area (Å²) in [5.74, 6) is 0.446. The molecule has 1 amide bonds. The van der Waals surface area contributed by atoms with Crippen LogP contribution in [0.4, 0.5) is 5.13 Å². The van der Waals surface area contributed by atoms with E-state index in [1.165, 1.54) is 0 Å². The van der Waals surface area contributed by atoms with Crippen LogP contribution in [0, 0.1) is 5.92 Å². The van der Waals surface area contributed by atoms with Crippen LogP contribution in [0.3, 0.4) is 0 Å². The fraction of sp³-hybridized carbons (Fsp3) is 0.556. The Morgan fingerprint density at radius 1 is 1.71 bits per heavy atom. The Hall–Kier alpha value is -1.10. The summed E-state index contributed by atoms with van der Waals surface area (Å²) >= 11 is 1.55. The third-order valence-corrected chi connectivity index (χ3v) is 3.07. The van der Waals surface area contributed by atoms with Crippen LogP contribution < -0.4 is 10.6 Å². The van der Waals surface area contributed by atoms with E-state index in [0.717, 1.165) is 23.7 Å². The maximum Gasteiger partial charge on any atom is 0.223 e. The van der Waals surface area contributed by atoms with E-state index in [4.69, 9.17) is 0 Å². The molecule has 2 N–H and O–H groups in total. The molecule has 1 saturated carbocycles. The number of carbonyl (C=O) groups is 1. The summed E-state index contributed by atoms with van der Waals surface area (Å²) in [4.78, 5) is 15.6. The predicted octanol–water partition coefficient (Wildman–Crippen LogP) is 1.21. The fourth-order valence-corrected chi connectivity index (χ4v) is 1.84. The molecule has 4 nitrogen and oxygen atoms in total. The topological polar surface area (TPSA) is 54.0 Å². The summed E-state index contributed by atoms with van der Waals surface area (Å²) in [6.45, 7) is 0.549. The molecule has 0 unspecified atom stereocenters. The molecule has 76 valence electrons. The van der Waals surface area contributed by atoms with E-state index in [-0.39, 0.29) is 11.8 Å². The monoisotopic (exact) mass is 211 g/mol. The molecule has 5 heteroatoms. The lowest BCUT2D eigenvalue weighted by Gasteiger charge is -2.00. The van der Waals surface area contributed by atoms with Gasteiger partial charge in [0.15, 0.2) is 5.13 Å². The molecule has 1 fully saturated rings. The lowest BCUT2D eigenvalue weighted by atomic mass is 10.4. The van der Waals surface area contributed by atoms with Gasteiger partial charge in [0.05, 0.1) is 12.2 Å². The quantitative estimate of drug-likeness (QED) is 0.787. The van der Waals surface area contributed by atoms with Gasteiger partial charge in [0.1, 0.15) is 0 Å². The van der Waals surface area contributed by atoms with E-state index in [1.54, 1.807) is 11.3 Å². The Labute approximate surface area is 86.7 Å². The van der Waals surface area contributed by atoms with Crippen LogP contribution in [0.25, 0.3) is 0 Å². The average molecular weight is 211 g/mol. The van der Waals surface area contributed by atoms with Gasteiger partial charge in [-0.3, -0.25) is 4.79 Å². The summed E-state index contributed by atoms with van der Waals surface area (Å²) < 4.78 is 0. The highest BCUT2D eigenvalue weighted by Crippen LogP contribution is 2.28. The second-order valence-corrected chi connectivity index (χ2v) is 4.24. The van der Waals surface area contributed by atoms with E-state index in [0.29, 0.717) is 6.54 Å². The summed E-state index contributed by atoms with van der Waals surface area (Å²) in [7, 11) is 1.84. The minimum absolute atomic E-state index is 0.170. The van der Waals surface area contributed by atoms with Crippen molar-refractivity contribution in [2.75, 3.05) is 12.4 Å². The molecule has 0 radical (unpaired) electrons. The van der Waals surface area contributed by atoms with Gasteiger partial charge < -0.3 is 10.6 Å². The Bertz CT molecular complexity index is 333. The Morgan fingerprint density at radius 2 is 2.50 bits per heavy atom. The first kappa shape index (κ1) is 9.45. The van der Waals surface area contributed by atoms with Crippen molar-refractivity contribution < 1.29 is 4.79 Å². The Kier molecular flexibility index (Phi) is 2.67. The first-order valence-electron chi connectivity index (χ1n) is 4.69. The summed E-state index contributed by atoms with van der Waals surface area (Å²) in [5.41, 5.74) is 0.924. The van der Waals surface area contributed by atoms with E-state index in [9.17, 15) is 4.79 Å². The highest BCUT2D eigenvalue weighted by atomic mass is 32.1. The maximum absolute atomic E-state index is 11.3. The standard InChI is InChI=1S/C9H13N3OS/c1-10-9-12-7(5-14-9)4-11-8(13)6-2-3-6/h5-6H,2-4H2,1H3,(H,10,12)(H,11,13). The third-order valence-electron chi connectivity index (χ3n) is 2.16. The lowest BCUT2D eigenvalue weighted by Crippen LogP contribution is -2.24. The third kappa shape index (κ3) is 2.23. The minimum atomic E-state index is 0.170. The first-order chi connectivity index (χ1) is 6.79. The van der Waals surface area contributed by atoms with Crippen molar-refractivity contribution in [2.24, 2.45) is 5.92 Å². The molecule has 1 heterocycles. The summed E-state index contributed by atoms with van der Waals surface area (Å²) in [5, 5.41) is 8.69. The zero-order valence-electron chi connectivity index (χ0n) is 8.04. The van der Waals surface area contributed by atoms with Crippen LogP contribution in [-0.2, 0) is 11.3 Å². The summed E-state index contributed by atoms with van der Waals surface area (Å²) in [6.07, 6.45) is 2.09. The van der Waals surface area contributed by atoms with E-state index in [1.807, 2.05) is 12.4 Å². The Morgan fingerprint density at radius 3 is 3.07 bits per heavy atom. The highest BCUT2D eigenvalue weighted by molar-refractivity contribution is 7.13. The molecular weight excluding hydrogens is 198 g/mol. The number of rotatable bonds is 4. The SMILES string of the molecule is CNc1nc(CNC(=O)C2CC2)cs1. The number of aromatic nitrogens is 1. The number of nitrogens with zero attached hydrogens (tertiary/aromatic N) is 1. The molecule has 0 aromatic carbocycles. The van der Waals surface area contributed by atoms with Crippen LogP contribution in [0.5, 0.6) is 0 Å². The number of anilines is 1. The molecule has 0 spiro atoms. The van der Waals surface area contributed by atoms with Crippen molar-refractivity contribution in [3.63, 3.8) is 0 Å². The zero-order valence-corrected chi connectivity index (χ0v) is 8.86. The normalized spacial score (nSPS) is 15.2. The zero-order chi connectivity index (χ0) is 9.97. The summed E-state index contributed by atoms with van der Waals surface area (Å²) in [6, 6.07) is 0. The van der Waals surface area contributed by atoms with Crippen LogP contribution in [-0.4, -0.2) is 17.9 Å². The number of hydrogen-bond donors (Lipinski definition) is 2. The van der Waals surface area contributed by atoms with Crippen molar-refractivity contribution in [1.29, 1.82) is 0 Å². The average Bonchev–Trinajstić information content (AvgIpc) is 2.94. The number of hydrogen-bond acceptors (Lipinski definition) is 4. The largest absolute Gasteiger partial charge is 0.365 e.